The number of Topliss-reactive ketones (excluding diaryl/α,β-unsaturated/α-hetero) is 1. The second kappa shape index (κ2) is 18.6. The summed E-state index contributed by atoms with van der Waals surface area (Å²) >= 11 is 0. The van der Waals surface area contributed by atoms with Crippen LogP contribution in [0, 0.1) is 5.92 Å². The molecule has 53 heavy (non-hydrogen) atoms. The Bertz CT molecular complexity index is 1800. The highest BCUT2D eigenvalue weighted by molar-refractivity contribution is 6.06. The number of unbranched alkanes of at least 4 members (excludes halogenated alkanes) is 5. The van der Waals surface area contributed by atoms with Gasteiger partial charge in [0.1, 0.15) is 0 Å². The van der Waals surface area contributed by atoms with Crippen molar-refractivity contribution in [3.8, 4) is 17.3 Å². The lowest BCUT2D eigenvalue weighted by Gasteiger charge is -2.37. The van der Waals surface area contributed by atoms with Crippen LogP contribution in [0.2, 0.25) is 0 Å². The van der Waals surface area contributed by atoms with Crippen LogP contribution in [0.1, 0.15) is 103 Å². The number of anilines is 2. The summed E-state index contributed by atoms with van der Waals surface area (Å²) in [5.74, 6) is 1.20. The van der Waals surface area contributed by atoms with Crippen molar-refractivity contribution < 1.29 is 19.1 Å². The van der Waals surface area contributed by atoms with Gasteiger partial charge in [0.2, 0.25) is 5.91 Å². The molecule has 1 saturated heterocycles. The molecule has 2 aliphatic rings. The topological polar surface area (TPSA) is 123 Å². The molecule has 0 bridgehead atoms. The van der Waals surface area contributed by atoms with Gasteiger partial charge >= 0.3 is 6.01 Å². The van der Waals surface area contributed by atoms with E-state index >= 15 is 0 Å². The fourth-order valence-corrected chi connectivity index (χ4v) is 7.51. The molecule has 2 unspecified atom stereocenters. The van der Waals surface area contributed by atoms with E-state index in [2.05, 4.69) is 50.6 Å². The second-order valence-corrected chi connectivity index (χ2v) is 14.3. The summed E-state index contributed by atoms with van der Waals surface area (Å²) < 4.78 is 7.47. The number of ketones is 1. The zero-order chi connectivity index (χ0) is 37.0. The maximum absolute atomic E-state index is 12.9. The quantitative estimate of drug-likeness (QED) is 0.0564. The second-order valence-electron chi connectivity index (χ2n) is 14.3. The van der Waals surface area contributed by atoms with Crippen molar-refractivity contribution in [3.05, 3.63) is 83.8 Å². The minimum Gasteiger partial charge on any atom is -0.467 e. The standard InChI is InChI=1S/C42H53N7O4/c1-31(51)41-34(30-50)12-9-14-39(41)47-24-26-48(27-25-47)40(52)15-7-5-3-4-6-8-20-43-35-18-16-32(17-19-35)37-29-38(46-42(45-37)53-2)36-28-33(36)13-10-22-49-23-11-21-44-49/h9,11-12,14,16-19,21,23,29-30,33,36,43H,3-8,10,13,15,20,22,24-28H2,1-2H3. The maximum atomic E-state index is 12.9. The molecule has 1 saturated carbocycles. The van der Waals surface area contributed by atoms with E-state index in [1.54, 1.807) is 13.2 Å². The molecular weight excluding hydrogens is 667 g/mol. The van der Waals surface area contributed by atoms with Gasteiger partial charge in [-0.1, -0.05) is 49.9 Å². The number of methoxy groups -OCH3 is 1. The molecule has 1 amide bonds. The first-order valence-electron chi connectivity index (χ1n) is 19.3. The molecule has 0 radical (unpaired) electrons. The highest BCUT2D eigenvalue weighted by atomic mass is 16.5. The predicted octanol–water partition coefficient (Wildman–Crippen LogP) is 7.44. The normalized spacial score (nSPS) is 16.7. The van der Waals surface area contributed by atoms with E-state index in [4.69, 9.17) is 9.72 Å². The molecule has 2 aromatic carbocycles. The third kappa shape index (κ3) is 10.3. The molecule has 2 atom stereocenters. The van der Waals surface area contributed by atoms with Gasteiger partial charge in [-0.3, -0.25) is 19.1 Å². The number of aldehydes is 1. The first-order valence-corrected chi connectivity index (χ1v) is 19.3. The van der Waals surface area contributed by atoms with Gasteiger partial charge in [0.25, 0.3) is 0 Å². The number of carbonyl (C=O) groups excluding carboxylic acids is 3. The van der Waals surface area contributed by atoms with Crippen LogP contribution >= 0.6 is 0 Å². The third-order valence-corrected chi connectivity index (χ3v) is 10.6. The highest BCUT2D eigenvalue weighted by Gasteiger charge is 2.39. The zero-order valence-corrected chi connectivity index (χ0v) is 31.2. The molecule has 1 aliphatic heterocycles. The van der Waals surface area contributed by atoms with Crippen LogP contribution in [-0.4, -0.2) is 82.5 Å². The number of nitrogens with zero attached hydrogens (tertiary/aromatic N) is 6. The fourth-order valence-electron chi connectivity index (χ4n) is 7.51. The van der Waals surface area contributed by atoms with Crippen molar-refractivity contribution in [1.29, 1.82) is 0 Å². The number of ether oxygens (including phenoxy) is 1. The molecule has 2 aromatic heterocycles. The first-order chi connectivity index (χ1) is 25.9. The lowest BCUT2D eigenvalue weighted by molar-refractivity contribution is -0.131. The highest BCUT2D eigenvalue weighted by Crippen LogP contribution is 2.50. The minimum atomic E-state index is -0.117. The van der Waals surface area contributed by atoms with Gasteiger partial charge in [-0.15, -0.1) is 0 Å². The van der Waals surface area contributed by atoms with Crippen LogP contribution in [0.3, 0.4) is 0 Å². The maximum Gasteiger partial charge on any atom is 0.316 e. The first kappa shape index (κ1) is 37.7. The number of carbonyl (C=O) groups is 3. The Hall–Kier alpha value is -5.06. The molecule has 2 fully saturated rings. The van der Waals surface area contributed by atoms with Crippen molar-refractivity contribution >= 4 is 29.4 Å². The molecule has 280 valence electrons. The SMILES string of the molecule is COc1nc(-c2ccc(NCCCCCCCCC(=O)N3CCN(c4cccc(C=O)c4C(C)=O)CC3)cc2)cc(C2CC2CCCn2cccn2)n1. The van der Waals surface area contributed by atoms with E-state index in [9.17, 15) is 14.4 Å². The summed E-state index contributed by atoms with van der Waals surface area (Å²) in [7, 11) is 1.63. The third-order valence-electron chi connectivity index (χ3n) is 10.6. The Morgan fingerprint density at radius 1 is 0.925 bits per heavy atom. The molecular formula is C42H53N7O4. The van der Waals surface area contributed by atoms with Crippen LogP contribution in [0.4, 0.5) is 11.4 Å². The van der Waals surface area contributed by atoms with E-state index in [1.807, 2.05) is 40.2 Å². The summed E-state index contributed by atoms with van der Waals surface area (Å²) in [6, 6.07) is 18.4. The van der Waals surface area contributed by atoms with E-state index in [1.165, 1.54) is 13.3 Å². The van der Waals surface area contributed by atoms with Gasteiger partial charge < -0.3 is 19.9 Å². The molecule has 1 N–H and O–H groups in total. The predicted molar refractivity (Wildman–Crippen MR) is 208 cm³/mol. The Balaban J connectivity index is 0.838. The lowest BCUT2D eigenvalue weighted by Crippen LogP contribution is -2.49. The summed E-state index contributed by atoms with van der Waals surface area (Å²) in [6.45, 7) is 5.93. The van der Waals surface area contributed by atoms with Gasteiger partial charge in [-0.05, 0) is 75.3 Å². The van der Waals surface area contributed by atoms with Crippen molar-refractivity contribution in [3.63, 3.8) is 0 Å². The van der Waals surface area contributed by atoms with Gasteiger partial charge in [-0.25, -0.2) is 0 Å². The van der Waals surface area contributed by atoms with Crippen LogP contribution in [0.25, 0.3) is 11.3 Å². The van der Waals surface area contributed by atoms with E-state index < -0.39 is 0 Å². The molecule has 11 heteroatoms. The van der Waals surface area contributed by atoms with Gasteiger partial charge in [0.05, 0.1) is 24.1 Å². The number of amides is 1. The van der Waals surface area contributed by atoms with Crippen LogP contribution in [-0.2, 0) is 11.3 Å². The summed E-state index contributed by atoms with van der Waals surface area (Å²) in [5.41, 5.74) is 5.80. The largest absolute Gasteiger partial charge is 0.467 e. The monoisotopic (exact) mass is 719 g/mol. The molecule has 6 rings (SSSR count). The van der Waals surface area contributed by atoms with Gasteiger partial charge in [0.15, 0.2) is 12.1 Å². The molecule has 11 nitrogen and oxygen atoms in total. The summed E-state index contributed by atoms with van der Waals surface area (Å²) in [5, 5.41) is 7.86. The number of aryl methyl sites for hydroxylation is 1. The number of hydrogen-bond donors (Lipinski definition) is 1. The average molecular weight is 720 g/mol. The van der Waals surface area contributed by atoms with Crippen LogP contribution < -0.4 is 15.0 Å². The smallest absolute Gasteiger partial charge is 0.316 e. The van der Waals surface area contributed by atoms with E-state index in [0.717, 1.165) is 99.1 Å². The molecule has 3 heterocycles. The van der Waals surface area contributed by atoms with Crippen LogP contribution in [0.5, 0.6) is 6.01 Å². The number of aromatic nitrogens is 4. The Morgan fingerprint density at radius 3 is 2.42 bits per heavy atom. The summed E-state index contributed by atoms with van der Waals surface area (Å²) in [4.78, 5) is 50.0. The molecule has 4 aromatic rings. The number of nitrogens with one attached hydrogen (secondary N) is 1. The summed E-state index contributed by atoms with van der Waals surface area (Å²) in [6.07, 6.45) is 15.1. The Kier molecular flexibility index (Phi) is 13.2. The lowest BCUT2D eigenvalue weighted by atomic mass is 10.0. The number of hydrogen-bond acceptors (Lipinski definition) is 9. The van der Waals surface area contributed by atoms with Crippen molar-refractivity contribution in [2.75, 3.05) is 50.1 Å². The molecule has 1 aliphatic carbocycles. The number of benzene rings is 2. The minimum absolute atomic E-state index is 0.117. The van der Waals surface area contributed by atoms with Crippen molar-refractivity contribution in [2.45, 2.75) is 83.6 Å². The van der Waals surface area contributed by atoms with Crippen LogP contribution in [0.15, 0.2) is 67.0 Å². The number of piperazine rings is 1. The van der Waals surface area contributed by atoms with Crippen molar-refractivity contribution in [2.24, 2.45) is 5.92 Å². The van der Waals surface area contributed by atoms with Gasteiger partial charge in [-0.2, -0.15) is 15.1 Å². The zero-order valence-electron chi connectivity index (χ0n) is 31.2. The number of rotatable bonds is 20. The fraction of sp³-hybridized carbons (Fsp3) is 0.476. The van der Waals surface area contributed by atoms with E-state index in [-0.39, 0.29) is 11.7 Å². The Labute approximate surface area is 313 Å². The van der Waals surface area contributed by atoms with Crippen molar-refractivity contribution in [1.82, 2.24) is 24.6 Å². The van der Waals surface area contributed by atoms with E-state index in [0.29, 0.717) is 61.6 Å². The van der Waals surface area contributed by atoms with Gasteiger partial charge in [0, 0.05) is 86.5 Å². The average Bonchev–Trinajstić information content (AvgIpc) is 3.78. The Morgan fingerprint density at radius 2 is 1.70 bits per heavy atom. The molecule has 0 spiro atoms.